The molecular weight excluding hydrogens is 230 g/mol. The van der Waals surface area contributed by atoms with Gasteiger partial charge in [-0.2, -0.15) is 0 Å². The van der Waals surface area contributed by atoms with E-state index in [9.17, 15) is 9.59 Å². The zero-order chi connectivity index (χ0) is 13.1. The van der Waals surface area contributed by atoms with Crippen LogP contribution in [0, 0.1) is 0 Å². The Balaban J connectivity index is 1.95. The van der Waals surface area contributed by atoms with Gasteiger partial charge in [0.25, 0.3) is 0 Å². The molecule has 2 aliphatic rings. The van der Waals surface area contributed by atoms with Gasteiger partial charge in [-0.05, 0) is 32.1 Å². The quantitative estimate of drug-likeness (QED) is 0.683. The molecule has 5 heteroatoms. The average Bonchev–Trinajstić information content (AvgIpc) is 3.02. The summed E-state index contributed by atoms with van der Waals surface area (Å²) in [4.78, 5) is 25.8. The van der Waals surface area contributed by atoms with Crippen molar-refractivity contribution in [2.45, 2.75) is 50.2 Å². The van der Waals surface area contributed by atoms with Crippen LogP contribution in [0.5, 0.6) is 0 Å². The van der Waals surface area contributed by atoms with Gasteiger partial charge in [0.2, 0.25) is 11.8 Å². The third-order valence-corrected chi connectivity index (χ3v) is 3.50. The van der Waals surface area contributed by atoms with E-state index in [-0.39, 0.29) is 17.9 Å². The average molecular weight is 251 g/mol. The van der Waals surface area contributed by atoms with Gasteiger partial charge in [-0.25, -0.2) is 0 Å². The summed E-state index contributed by atoms with van der Waals surface area (Å²) in [6.07, 6.45) is 5.81. The lowest BCUT2D eigenvalue weighted by atomic mass is 10.1. The highest BCUT2D eigenvalue weighted by molar-refractivity contribution is 5.90. The van der Waals surface area contributed by atoms with Crippen LogP contribution in [-0.4, -0.2) is 41.4 Å². The van der Waals surface area contributed by atoms with E-state index in [4.69, 9.17) is 5.73 Å². The Morgan fingerprint density at radius 1 is 1.44 bits per heavy atom. The van der Waals surface area contributed by atoms with E-state index >= 15 is 0 Å². The summed E-state index contributed by atoms with van der Waals surface area (Å²) < 4.78 is 0. The highest BCUT2D eigenvalue weighted by Crippen LogP contribution is 2.22. The Morgan fingerprint density at radius 2 is 2.17 bits per heavy atom. The maximum absolute atomic E-state index is 12.1. The van der Waals surface area contributed by atoms with Crippen molar-refractivity contribution >= 4 is 11.8 Å². The van der Waals surface area contributed by atoms with Crippen molar-refractivity contribution in [1.82, 2.24) is 10.2 Å². The maximum Gasteiger partial charge on any atom is 0.243 e. The third kappa shape index (κ3) is 2.90. The molecule has 1 heterocycles. The van der Waals surface area contributed by atoms with Gasteiger partial charge in [0.05, 0.1) is 6.04 Å². The molecule has 18 heavy (non-hydrogen) atoms. The molecule has 1 saturated carbocycles. The summed E-state index contributed by atoms with van der Waals surface area (Å²) in [6, 6.07) is -0.567. The van der Waals surface area contributed by atoms with Gasteiger partial charge in [0, 0.05) is 12.6 Å². The molecular formula is C13H21N3O2. The van der Waals surface area contributed by atoms with Crippen LogP contribution >= 0.6 is 0 Å². The molecule has 1 saturated heterocycles. The predicted octanol–water partition coefficient (Wildman–Crippen LogP) is 0.159. The Kier molecular flexibility index (Phi) is 4.01. The molecule has 1 aliphatic heterocycles. The molecule has 2 fully saturated rings. The zero-order valence-electron chi connectivity index (χ0n) is 10.6. The molecule has 0 radical (unpaired) electrons. The Morgan fingerprint density at radius 3 is 2.78 bits per heavy atom. The summed E-state index contributed by atoms with van der Waals surface area (Å²) in [5, 5.41) is 2.96. The van der Waals surface area contributed by atoms with E-state index in [0.29, 0.717) is 19.0 Å². The van der Waals surface area contributed by atoms with Gasteiger partial charge in [-0.1, -0.05) is 6.08 Å². The van der Waals surface area contributed by atoms with Crippen molar-refractivity contribution < 1.29 is 9.59 Å². The molecule has 0 bridgehead atoms. The summed E-state index contributed by atoms with van der Waals surface area (Å²) in [5.74, 6) is -0.155. The number of nitrogens with one attached hydrogen (secondary N) is 1. The van der Waals surface area contributed by atoms with E-state index in [0.717, 1.165) is 25.7 Å². The van der Waals surface area contributed by atoms with Gasteiger partial charge in [0.15, 0.2) is 0 Å². The lowest BCUT2D eigenvalue weighted by Gasteiger charge is -2.26. The monoisotopic (exact) mass is 251 g/mol. The second-order valence-electron chi connectivity index (χ2n) is 5.10. The van der Waals surface area contributed by atoms with Gasteiger partial charge in [-0.15, -0.1) is 6.58 Å². The number of carbonyl (C=O) groups excluding carboxylic acids is 2. The molecule has 2 amide bonds. The second-order valence-corrected chi connectivity index (χ2v) is 5.10. The topological polar surface area (TPSA) is 75.4 Å². The molecule has 0 spiro atoms. The van der Waals surface area contributed by atoms with Crippen molar-refractivity contribution in [3.8, 4) is 0 Å². The van der Waals surface area contributed by atoms with E-state index < -0.39 is 6.04 Å². The number of carbonyl (C=O) groups is 2. The summed E-state index contributed by atoms with van der Waals surface area (Å²) in [7, 11) is 0. The van der Waals surface area contributed by atoms with Crippen LogP contribution in [0.4, 0.5) is 0 Å². The van der Waals surface area contributed by atoms with Gasteiger partial charge in [-0.3, -0.25) is 9.59 Å². The van der Waals surface area contributed by atoms with E-state index in [1.807, 2.05) is 0 Å². The van der Waals surface area contributed by atoms with E-state index in [1.165, 1.54) is 0 Å². The molecule has 1 aliphatic carbocycles. The van der Waals surface area contributed by atoms with Crippen LogP contribution in [0.15, 0.2) is 12.7 Å². The highest BCUT2D eigenvalue weighted by Gasteiger charge is 2.37. The number of likely N-dealkylation sites (tertiary alicyclic amines) is 1. The van der Waals surface area contributed by atoms with Gasteiger partial charge < -0.3 is 16.0 Å². The molecule has 100 valence electrons. The smallest absolute Gasteiger partial charge is 0.243 e. The van der Waals surface area contributed by atoms with Crippen LogP contribution in [0.2, 0.25) is 0 Å². The molecule has 0 aromatic rings. The number of hydrogen-bond donors (Lipinski definition) is 2. The fourth-order valence-electron chi connectivity index (χ4n) is 2.32. The van der Waals surface area contributed by atoms with Crippen LogP contribution in [0.1, 0.15) is 32.1 Å². The fraction of sp³-hybridized carbons (Fsp3) is 0.692. The van der Waals surface area contributed by atoms with Crippen molar-refractivity contribution in [3.05, 3.63) is 12.7 Å². The molecule has 2 atom stereocenters. The van der Waals surface area contributed by atoms with Crippen LogP contribution < -0.4 is 11.1 Å². The fourth-order valence-corrected chi connectivity index (χ4v) is 2.32. The Labute approximate surface area is 107 Å². The lowest BCUT2D eigenvalue weighted by molar-refractivity contribution is -0.139. The minimum atomic E-state index is -0.572. The van der Waals surface area contributed by atoms with E-state index in [1.54, 1.807) is 11.0 Å². The van der Waals surface area contributed by atoms with Crippen molar-refractivity contribution in [2.24, 2.45) is 5.73 Å². The highest BCUT2D eigenvalue weighted by atomic mass is 16.2. The molecule has 3 N–H and O–H groups in total. The molecule has 5 nitrogen and oxygen atoms in total. The predicted molar refractivity (Wildman–Crippen MR) is 68.7 cm³/mol. The zero-order valence-corrected chi connectivity index (χ0v) is 10.6. The minimum absolute atomic E-state index is 0.0193. The lowest BCUT2D eigenvalue weighted by Crippen LogP contribution is -2.51. The Bertz CT molecular complexity index is 352. The number of rotatable bonds is 5. The van der Waals surface area contributed by atoms with Crippen molar-refractivity contribution in [1.29, 1.82) is 0 Å². The summed E-state index contributed by atoms with van der Waals surface area (Å²) in [6.45, 7) is 4.21. The molecule has 2 unspecified atom stereocenters. The minimum Gasteiger partial charge on any atom is -0.352 e. The number of nitrogens with zero attached hydrogens (tertiary/aromatic N) is 1. The first-order valence-electron chi connectivity index (χ1n) is 6.61. The molecule has 2 rings (SSSR count). The van der Waals surface area contributed by atoms with Crippen LogP contribution in [-0.2, 0) is 9.59 Å². The Hall–Kier alpha value is -1.36. The number of nitrogens with two attached hydrogens (primary N) is 1. The summed E-state index contributed by atoms with van der Waals surface area (Å²) >= 11 is 0. The normalized spacial score (nSPS) is 24.7. The number of amides is 2. The van der Waals surface area contributed by atoms with Gasteiger partial charge in [0.1, 0.15) is 6.04 Å². The second kappa shape index (κ2) is 5.52. The van der Waals surface area contributed by atoms with E-state index in [2.05, 4.69) is 11.9 Å². The maximum atomic E-state index is 12.1. The van der Waals surface area contributed by atoms with Crippen LogP contribution in [0.3, 0.4) is 0 Å². The van der Waals surface area contributed by atoms with Crippen molar-refractivity contribution in [3.63, 3.8) is 0 Å². The first-order valence-corrected chi connectivity index (χ1v) is 6.61. The molecule has 0 aromatic heterocycles. The first kappa shape index (κ1) is 13.1. The SMILES string of the molecule is C=CCC(N)C(=O)N1CCCC1C(=O)NC1CC1. The summed E-state index contributed by atoms with van der Waals surface area (Å²) in [5.41, 5.74) is 5.79. The standard InChI is InChI=1S/C13H21N3O2/c1-2-4-10(14)13(18)16-8-3-5-11(16)12(17)15-9-6-7-9/h2,9-11H,1,3-8,14H2,(H,15,17). The largest absolute Gasteiger partial charge is 0.352 e. The van der Waals surface area contributed by atoms with Crippen LogP contribution in [0.25, 0.3) is 0 Å². The first-order chi connectivity index (χ1) is 8.63. The molecule has 0 aromatic carbocycles. The van der Waals surface area contributed by atoms with Crippen molar-refractivity contribution in [2.75, 3.05) is 6.54 Å². The van der Waals surface area contributed by atoms with Gasteiger partial charge >= 0.3 is 0 Å². The third-order valence-electron chi connectivity index (χ3n) is 3.50. The number of hydrogen-bond acceptors (Lipinski definition) is 3.